The first-order chi connectivity index (χ1) is 13.3. The standard InChI is InChI=1S/C22H26N4O2/c1-22(2,3)25-20(27)15-26-18-12-8-7-11-17(18)24-19(26)13-14-23-21(28)16-9-5-4-6-10-16/h4-12H,13-15H2,1-3H3,(H,23,28)(H,25,27). The number of carbonyl (C=O) groups is 2. The van der Waals surface area contributed by atoms with Gasteiger partial charge in [0.1, 0.15) is 12.4 Å². The van der Waals surface area contributed by atoms with Gasteiger partial charge in [-0.25, -0.2) is 4.98 Å². The molecule has 0 bridgehead atoms. The predicted molar refractivity (Wildman–Crippen MR) is 110 cm³/mol. The zero-order valence-corrected chi connectivity index (χ0v) is 16.5. The maximum absolute atomic E-state index is 12.5. The lowest BCUT2D eigenvalue weighted by atomic mass is 10.1. The van der Waals surface area contributed by atoms with Crippen LogP contribution in [-0.4, -0.2) is 33.4 Å². The third kappa shape index (κ3) is 4.97. The van der Waals surface area contributed by atoms with E-state index in [1.165, 1.54) is 0 Å². The molecule has 0 atom stereocenters. The summed E-state index contributed by atoms with van der Waals surface area (Å²) in [5.74, 6) is 0.595. The summed E-state index contributed by atoms with van der Waals surface area (Å²) >= 11 is 0. The summed E-state index contributed by atoms with van der Waals surface area (Å²) < 4.78 is 1.92. The Morgan fingerprint density at radius 1 is 1.00 bits per heavy atom. The Bertz CT molecular complexity index is 971. The van der Waals surface area contributed by atoms with Gasteiger partial charge in [0.2, 0.25) is 5.91 Å². The fourth-order valence-corrected chi connectivity index (χ4v) is 3.07. The van der Waals surface area contributed by atoms with Crippen molar-refractivity contribution >= 4 is 22.8 Å². The van der Waals surface area contributed by atoms with Crippen LogP contribution in [0.5, 0.6) is 0 Å². The molecule has 2 aromatic carbocycles. The predicted octanol–water partition coefficient (Wildman–Crippen LogP) is 2.92. The van der Waals surface area contributed by atoms with Crippen molar-refractivity contribution in [2.45, 2.75) is 39.3 Å². The van der Waals surface area contributed by atoms with Gasteiger partial charge in [-0.15, -0.1) is 0 Å². The van der Waals surface area contributed by atoms with Crippen LogP contribution >= 0.6 is 0 Å². The largest absolute Gasteiger partial charge is 0.352 e. The zero-order chi connectivity index (χ0) is 20.1. The second-order valence-electron chi connectivity index (χ2n) is 7.77. The molecular formula is C22H26N4O2. The van der Waals surface area contributed by atoms with Crippen LogP contribution in [0.4, 0.5) is 0 Å². The van der Waals surface area contributed by atoms with E-state index in [2.05, 4.69) is 15.6 Å². The SMILES string of the molecule is CC(C)(C)NC(=O)Cn1c(CCNC(=O)c2ccccc2)nc2ccccc21. The van der Waals surface area contributed by atoms with E-state index in [0.717, 1.165) is 16.9 Å². The number of para-hydroxylation sites is 2. The second kappa shape index (κ2) is 8.25. The van der Waals surface area contributed by atoms with E-state index in [1.807, 2.05) is 67.8 Å². The van der Waals surface area contributed by atoms with Gasteiger partial charge < -0.3 is 15.2 Å². The summed E-state index contributed by atoms with van der Waals surface area (Å²) in [4.78, 5) is 29.3. The van der Waals surface area contributed by atoms with Crippen LogP contribution in [0.2, 0.25) is 0 Å². The molecule has 2 amide bonds. The van der Waals surface area contributed by atoms with Crippen LogP contribution in [0.15, 0.2) is 54.6 Å². The summed E-state index contributed by atoms with van der Waals surface area (Å²) in [6.07, 6.45) is 0.538. The smallest absolute Gasteiger partial charge is 0.251 e. The number of hydrogen-bond donors (Lipinski definition) is 2. The van der Waals surface area contributed by atoms with Crippen molar-refractivity contribution in [3.8, 4) is 0 Å². The highest BCUT2D eigenvalue weighted by Crippen LogP contribution is 2.16. The fourth-order valence-electron chi connectivity index (χ4n) is 3.07. The van der Waals surface area contributed by atoms with E-state index in [4.69, 9.17) is 0 Å². The molecule has 0 radical (unpaired) electrons. The summed E-state index contributed by atoms with van der Waals surface area (Å²) in [5, 5.41) is 5.91. The molecule has 2 N–H and O–H groups in total. The van der Waals surface area contributed by atoms with Gasteiger partial charge in [-0.1, -0.05) is 30.3 Å². The van der Waals surface area contributed by atoms with Crippen molar-refractivity contribution in [3.63, 3.8) is 0 Å². The highest BCUT2D eigenvalue weighted by molar-refractivity contribution is 5.94. The molecule has 6 heteroatoms. The van der Waals surface area contributed by atoms with Gasteiger partial charge in [-0.3, -0.25) is 9.59 Å². The Kier molecular flexibility index (Phi) is 5.78. The summed E-state index contributed by atoms with van der Waals surface area (Å²) in [7, 11) is 0. The molecule has 3 aromatic rings. The number of hydrogen-bond acceptors (Lipinski definition) is 3. The Morgan fingerprint density at radius 3 is 2.39 bits per heavy atom. The number of imidazole rings is 1. The minimum atomic E-state index is -0.294. The normalized spacial score (nSPS) is 11.4. The number of nitrogens with one attached hydrogen (secondary N) is 2. The van der Waals surface area contributed by atoms with Gasteiger partial charge in [-0.2, -0.15) is 0 Å². The van der Waals surface area contributed by atoms with Gasteiger partial charge in [0.15, 0.2) is 0 Å². The first kappa shape index (κ1) is 19.6. The Hall–Kier alpha value is -3.15. The Balaban J connectivity index is 1.73. The molecular weight excluding hydrogens is 352 g/mol. The van der Waals surface area contributed by atoms with Crippen molar-refractivity contribution in [1.29, 1.82) is 0 Å². The average molecular weight is 378 g/mol. The molecule has 0 saturated carbocycles. The van der Waals surface area contributed by atoms with Crippen molar-refractivity contribution in [1.82, 2.24) is 20.2 Å². The molecule has 0 unspecified atom stereocenters. The molecule has 3 rings (SSSR count). The number of aromatic nitrogens is 2. The molecule has 1 aromatic heterocycles. The number of rotatable bonds is 6. The van der Waals surface area contributed by atoms with Gasteiger partial charge in [0, 0.05) is 24.1 Å². The van der Waals surface area contributed by atoms with E-state index < -0.39 is 0 Å². The van der Waals surface area contributed by atoms with Crippen LogP contribution in [0.3, 0.4) is 0 Å². The molecule has 6 nitrogen and oxygen atoms in total. The molecule has 0 fully saturated rings. The molecule has 0 aliphatic rings. The highest BCUT2D eigenvalue weighted by atomic mass is 16.2. The molecule has 0 saturated heterocycles. The summed E-state index contributed by atoms with van der Waals surface area (Å²) in [6.45, 7) is 6.50. The first-order valence-corrected chi connectivity index (χ1v) is 9.42. The zero-order valence-electron chi connectivity index (χ0n) is 16.5. The van der Waals surface area contributed by atoms with E-state index in [-0.39, 0.29) is 23.9 Å². The van der Waals surface area contributed by atoms with Crippen molar-refractivity contribution < 1.29 is 9.59 Å². The Morgan fingerprint density at radius 2 is 1.68 bits per heavy atom. The van der Waals surface area contributed by atoms with Crippen LogP contribution in [-0.2, 0) is 17.8 Å². The van der Waals surface area contributed by atoms with Crippen molar-refractivity contribution in [3.05, 3.63) is 66.0 Å². The molecule has 28 heavy (non-hydrogen) atoms. The third-order valence-electron chi connectivity index (χ3n) is 4.22. The minimum Gasteiger partial charge on any atom is -0.352 e. The molecule has 0 aliphatic carbocycles. The van der Waals surface area contributed by atoms with Crippen LogP contribution in [0, 0.1) is 0 Å². The Labute approximate surface area is 165 Å². The monoisotopic (exact) mass is 378 g/mol. The molecule has 1 heterocycles. The third-order valence-corrected chi connectivity index (χ3v) is 4.22. The number of nitrogens with zero attached hydrogens (tertiary/aromatic N) is 2. The minimum absolute atomic E-state index is 0.0646. The average Bonchev–Trinajstić information content (AvgIpc) is 2.98. The number of fused-ring (bicyclic) bond motifs is 1. The number of carbonyl (C=O) groups excluding carboxylic acids is 2. The van der Waals surface area contributed by atoms with Crippen molar-refractivity contribution in [2.24, 2.45) is 0 Å². The van der Waals surface area contributed by atoms with E-state index >= 15 is 0 Å². The topological polar surface area (TPSA) is 76.0 Å². The van der Waals surface area contributed by atoms with E-state index in [9.17, 15) is 9.59 Å². The van der Waals surface area contributed by atoms with Gasteiger partial charge in [0.05, 0.1) is 11.0 Å². The van der Waals surface area contributed by atoms with E-state index in [0.29, 0.717) is 18.5 Å². The first-order valence-electron chi connectivity index (χ1n) is 9.42. The van der Waals surface area contributed by atoms with E-state index in [1.54, 1.807) is 12.1 Å². The molecule has 146 valence electrons. The van der Waals surface area contributed by atoms with Crippen LogP contribution in [0.1, 0.15) is 37.0 Å². The summed E-state index contributed by atoms with van der Waals surface area (Å²) in [6, 6.07) is 16.9. The number of amides is 2. The van der Waals surface area contributed by atoms with Crippen LogP contribution in [0.25, 0.3) is 11.0 Å². The maximum atomic E-state index is 12.5. The lowest BCUT2D eigenvalue weighted by Crippen LogP contribution is -2.42. The van der Waals surface area contributed by atoms with Crippen LogP contribution < -0.4 is 10.6 Å². The fraction of sp³-hybridized carbons (Fsp3) is 0.318. The quantitative estimate of drug-likeness (QED) is 0.692. The van der Waals surface area contributed by atoms with Gasteiger partial charge in [-0.05, 0) is 45.0 Å². The lowest BCUT2D eigenvalue weighted by molar-refractivity contribution is -0.123. The van der Waals surface area contributed by atoms with Crippen molar-refractivity contribution in [2.75, 3.05) is 6.54 Å². The summed E-state index contributed by atoms with van der Waals surface area (Å²) in [5.41, 5.74) is 2.09. The maximum Gasteiger partial charge on any atom is 0.251 e. The highest BCUT2D eigenvalue weighted by Gasteiger charge is 2.17. The molecule has 0 spiro atoms. The van der Waals surface area contributed by atoms with Gasteiger partial charge >= 0.3 is 0 Å². The molecule has 0 aliphatic heterocycles. The lowest BCUT2D eigenvalue weighted by Gasteiger charge is -2.21. The van der Waals surface area contributed by atoms with Gasteiger partial charge in [0.25, 0.3) is 5.91 Å². The second-order valence-corrected chi connectivity index (χ2v) is 7.77. The number of benzene rings is 2.